The van der Waals surface area contributed by atoms with E-state index in [1.165, 1.54) is 4.31 Å². The maximum atomic E-state index is 12.1. The molecule has 0 spiro atoms. The van der Waals surface area contributed by atoms with Gasteiger partial charge in [-0.3, -0.25) is 10.1 Å². The highest BCUT2D eigenvalue weighted by Gasteiger charge is 2.36. The van der Waals surface area contributed by atoms with Crippen molar-refractivity contribution in [2.24, 2.45) is 0 Å². The van der Waals surface area contributed by atoms with E-state index in [0.29, 0.717) is 26.0 Å². The normalized spacial score (nSPS) is 20.0. The molecule has 10 heteroatoms. The fourth-order valence-corrected chi connectivity index (χ4v) is 3.22. The van der Waals surface area contributed by atoms with Crippen molar-refractivity contribution in [2.45, 2.75) is 25.8 Å². The molecular formula is C10H17N5O4S. The summed E-state index contributed by atoms with van der Waals surface area (Å²) in [5.41, 5.74) is 0. The third-order valence-corrected chi connectivity index (χ3v) is 4.20. The molecule has 0 aromatic carbocycles. The Kier molecular flexibility index (Phi) is 4.23. The van der Waals surface area contributed by atoms with Crippen LogP contribution in [0, 0.1) is 0 Å². The molecule has 9 nitrogen and oxygen atoms in total. The predicted molar refractivity (Wildman–Crippen MR) is 70.8 cm³/mol. The third kappa shape index (κ3) is 3.25. The molecule has 2 rings (SSSR count). The van der Waals surface area contributed by atoms with Gasteiger partial charge >= 0.3 is 6.01 Å². The zero-order chi connectivity index (χ0) is 14.8. The second-order valence-electron chi connectivity index (χ2n) is 4.42. The highest BCUT2D eigenvalue weighted by molar-refractivity contribution is 7.88. The topological polar surface area (TPSA) is 117 Å². The lowest BCUT2D eigenvalue weighted by atomic mass is 10.2. The molecule has 2 N–H and O–H groups in total. The summed E-state index contributed by atoms with van der Waals surface area (Å²) in [5, 5.41) is 8.77. The van der Waals surface area contributed by atoms with Gasteiger partial charge in [0.15, 0.2) is 0 Å². The lowest BCUT2D eigenvalue weighted by Crippen LogP contribution is -2.42. The number of amides is 1. The van der Waals surface area contributed by atoms with Crippen molar-refractivity contribution in [3.05, 3.63) is 0 Å². The second kappa shape index (κ2) is 5.75. The fraction of sp³-hybridized carbons (Fsp3) is 0.700. The van der Waals surface area contributed by atoms with E-state index in [1.54, 1.807) is 6.92 Å². The average molecular weight is 303 g/mol. The number of aromatic amines is 1. The number of sulfonamides is 1. The van der Waals surface area contributed by atoms with Gasteiger partial charge in [0, 0.05) is 6.54 Å². The Morgan fingerprint density at radius 1 is 1.60 bits per heavy atom. The van der Waals surface area contributed by atoms with Gasteiger partial charge in [0.1, 0.15) is 6.04 Å². The van der Waals surface area contributed by atoms with Crippen molar-refractivity contribution in [2.75, 3.05) is 24.7 Å². The van der Waals surface area contributed by atoms with Gasteiger partial charge in [0.25, 0.3) is 0 Å². The second-order valence-corrected chi connectivity index (χ2v) is 6.36. The van der Waals surface area contributed by atoms with Crippen LogP contribution in [0.25, 0.3) is 0 Å². The van der Waals surface area contributed by atoms with E-state index in [0.717, 1.165) is 6.26 Å². The fourth-order valence-electron chi connectivity index (χ4n) is 2.10. The van der Waals surface area contributed by atoms with Crippen LogP contribution in [0.1, 0.15) is 19.8 Å². The van der Waals surface area contributed by atoms with Crippen LogP contribution in [-0.4, -0.2) is 59.3 Å². The number of nitrogens with zero attached hydrogens (tertiary/aromatic N) is 3. The van der Waals surface area contributed by atoms with Gasteiger partial charge in [0.05, 0.1) is 12.9 Å². The number of ether oxygens (including phenoxy) is 1. The number of hydrogen-bond donors (Lipinski definition) is 2. The first-order chi connectivity index (χ1) is 9.41. The number of aromatic nitrogens is 3. The molecule has 1 saturated heterocycles. The minimum absolute atomic E-state index is 0.134. The van der Waals surface area contributed by atoms with Crippen molar-refractivity contribution in [1.82, 2.24) is 19.5 Å². The molecule has 1 atom stereocenters. The maximum absolute atomic E-state index is 12.1. The lowest BCUT2D eigenvalue weighted by Gasteiger charge is -2.20. The number of anilines is 1. The first kappa shape index (κ1) is 14.7. The molecule has 2 heterocycles. The summed E-state index contributed by atoms with van der Waals surface area (Å²) in [7, 11) is -3.39. The smallest absolute Gasteiger partial charge is 0.337 e. The summed E-state index contributed by atoms with van der Waals surface area (Å²) in [6, 6.07) is -0.570. The third-order valence-electron chi connectivity index (χ3n) is 2.91. The standard InChI is InChI=1S/C10H17N5O4S/c1-3-19-10-12-9(13-14-10)11-8(16)7-5-4-6-15(7)20(2,17)18/h7H,3-6H2,1-2H3,(H2,11,12,13,14,16). The maximum Gasteiger partial charge on any atom is 0.337 e. The Hall–Kier alpha value is -1.68. The van der Waals surface area contributed by atoms with Gasteiger partial charge in [-0.25, -0.2) is 13.5 Å². The Balaban J connectivity index is 2.03. The van der Waals surface area contributed by atoms with E-state index < -0.39 is 22.0 Å². The summed E-state index contributed by atoms with van der Waals surface area (Å²) in [6.45, 7) is 2.56. The Morgan fingerprint density at radius 2 is 2.35 bits per heavy atom. The number of carbonyl (C=O) groups excluding carboxylic acids is 1. The van der Waals surface area contributed by atoms with E-state index in [1.807, 2.05) is 0 Å². The number of carbonyl (C=O) groups is 1. The van der Waals surface area contributed by atoms with Crippen molar-refractivity contribution >= 4 is 21.9 Å². The minimum Gasteiger partial charge on any atom is -0.463 e. The Morgan fingerprint density at radius 3 is 3.00 bits per heavy atom. The quantitative estimate of drug-likeness (QED) is 0.762. The van der Waals surface area contributed by atoms with Crippen LogP contribution in [0.3, 0.4) is 0 Å². The van der Waals surface area contributed by atoms with Crippen molar-refractivity contribution in [3.8, 4) is 6.01 Å². The van der Waals surface area contributed by atoms with E-state index >= 15 is 0 Å². The van der Waals surface area contributed by atoms with Crippen LogP contribution < -0.4 is 10.1 Å². The zero-order valence-corrected chi connectivity index (χ0v) is 12.1. The Labute approximate surface area is 116 Å². The summed E-state index contributed by atoms with van der Waals surface area (Å²) in [4.78, 5) is 16.0. The predicted octanol–water partition coefficient (Wildman–Crippen LogP) is -0.434. The Bertz CT molecular complexity index is 584. The van der Waals surface area contributed by atoms with E-state index in [2.05, 4.69) is 20.5 Å². The first-order valence-electron chi connectivity index (χ1n) is 6.24. The molecule has 1 aliphatic heterocycles. The molecule has 1 amide bonds. The number of nitrogens with one attached hydrogen (secondary N) is 2. The number of H-pyrrole nitrogens is 1. The molecule has 0 radical (unpaired) electrons. The largest absolute Gasteiger partial charge is 0.463 e. The van der Waals surface area contributed by atoms with Crippen LogP contribution in [0.15, 0.2) is 0 Å². The van der Waals surface area contributed by atoms with Gasteiger partial charge in [-0.05, 0) is 19.8 Å². The summed E-state index contributed by atoms with van der Waals surface area (Å²) in [5.74, 6) is -0.286. The highest BCUT2D eigenvalue weighted by atomic mass is 32.2. The molecule has 20 heavy (non-hydrogen) atoms. The van der Waals surface area contributed by atoms with Crippen LogP contribution in [-0.2, 0) is 14.8 Å². The molecule has 112 valence electrons. The molecule has 1 fully saturated rings. The molecule has 0 bridgehead atoms. The summed E-state index contributed by atoms with van der Waals surface area (Å²) >= 11 is 0. The van der Waals surface area contributed by atoms with Crippen molar-refractivity contribution < 1.29 is 17.9 Å². The van der Waals surface area contributed by atoms with E-state index in [-0.39, 0.29) is 12.0 Å². The average Bonchev–Trinajstić information content (AvgIpc) is 2.97. The molecule has 0 saturated carbocycles. The zero-order valence-electron chi connectivity index (χ0n) is 11.3. The van der Waals surface area contributed by atoms with Gasteiger partial charge < -0.3 is 4.74 Å². The minimum atomic E-state index is -3.39. The van der Waals surface area contributed by atoms with Gasteiger partial charge in [-0.1, -0.05) is 0 Å². The van der Waals surface area contributed by atoms with Gasteiger partial charge in [-0.2, -0.15) is 9.29 Å². The molecule has 1 unspecified atom stereocenters. The molecule has 1 aromatic heterocycles. The van der Waals surface area contributed by atoms with E-state index in [4.69, 9.17) is 4.74 Å². The lowest BCUT2D eigenvalue weighted by molar-refractivity contribution is -0.119. The van der Waals surface area contributed by atoms with Crippen molar-refractivity contribution in [3.63, 3.8) is 0 Å². The van der Waals surface area contributed by atoms with Crippen LogP contribution in [0.2, 0.25) is 0 Å². The van der Waals surface area contributed by atoms with Crippen molar-refractivity contribution in [1.29, 1.82) is 0 Å². The highest BCUT2D eigenvalue weighted by Crippen LogP contribution is 2.21. The molecular weight excluding hydrogens is 286 g/mol. The van der Waals surface area contributed by atoms with Gasteiger partial charge in [-0.15, -0.1) is 5.10 Å². The van der Waals surface area contributed by atoms with Crippen LogP contribution >= 0.6 is 0 Å². The van der Waals surface area contributed by atoms with E-state index in [9.17, 15) is 13.2 Å². The SMILES string of the molecule is CCOc1n[nH]c(NC(=O)C2CCCN2S(C)(=O)=O)n1. The van der Waals surface area contributed by atoms with Crippen LogP contribution in [0.4, 0.5) is 5.95 Å². The summed E-state index contributed by atoms with van der Waals surface area (Å²) in [6.07, 6.45) is 2.25. The monoisotopic (exact) mass is 303 g/mol. The summed E-state index contributed by atoms with van der Waals surface area (Å²) < 4.78 is 29.4. The number of rotatable bonds is 5. The molecule has 0 aliphatic carbocycles. The van der Waals surface area contributed by atoms with Gasteiger partial charge in [0.2, 0.25) is 21.9 Å². The molecule has 1 aliphatic rings. The first-order valence-corrected chi connectivity index (χ1v) is 8.09. The molecule has 1 aromatic rings. The van der Waals surface area contributed by atoms with Crippen LogP contribution in [0.5, 0.6) is 6.01 Å². The number of hydrogen-bond acceptors (Lipinski definition) is 6.